The van der Waals surface area contributed by atoms with E-state index in [0.29, 0.717) is 23.6 Å². The normalized spacial score (nSPS) is 26.8. The molecular weight excluding hydrogens is 201 g/mol. The molecule has 1 N–H and O–H groups in total. The van der Waals surface area contributed by atoms with Gasteiger partial charge in [0.2, 0.25) is 0 Å². The molecule has 0 spiro atoms. The number of hydrogen-bond donors (Lipinski definition) is 1. The molecule has 0 aliphatic carbocycles. The molecule has 14 heavy (non-hydrogen) atoms. The van der Waals surface area contributed by atoms with E-state index in [1.54, 1.807) is 6.07 Å². The number of alkyl halides is 1. The SMILES string of the molecule is Cc1ccc(C2(F)CCNC2)cc1Cl. The summed E-state index contributed by atoms with van der Waals surface area (Å²) < 4.78 is 14.2. The molecule has 1 nitrogen and oxygen atoms in total. The van der Waals surface area contributed by atoms with Crippen LogP contribution in [-0.4, -0.2) is 13.1 Å². The predicted octanol–water partition coefficient (Wildman–Crippen LogP) is 2.81. The Morgan fingerprint density at radius 3 is 2.86 bits per heavy atom. The first kappa shape index (κ1) is 9.94. The van der Waals surface area contributed by atoms with E-state index in [1.807, 2.05) is 19.1 Å². The summed E-state index contributed by atoms with van der Waals surface area (Å²) >= 11 is 5.97. The summed E-state index contributed by atoms with van der Waals surface area (Å²) in [5.74, 6) is 0. The zero-order chi connectivity index (χ0) is 10.2. The molecule has 1 heterocycles. The molecule has 1 fully saturated rings. The molecule has 1 aromatic carbocycles. The van der Waals surface area contributed by atoms with Gasteiger partial charge in [0, 0.05) is 11.6 Å². The number of hydrogen-bond acceptors (Lipinski definition) is 1. The largest absolute Gasteiger partial charge is 0.313 e. The lowest BCUT2D eigenvalue weighted by atomic mass is 9.94. The maximum Gasteiger partial charge on any atom is 0.149 e. The van der Waals surface area contributed by atoms with E-state index in [1.165, 1.54) is 0 Å². The van der Waals surface area contributed by atoms with Crippen LogP contribution in [0.3, 0.4) is 0 Å². The van der Waals surface area contributed by atoms with Gasteiger partial charge in [0.05, 0.1) is 0 Å². The number of aryl methyl sites for hydroxylation is 1. The van der Waals surface area contributed by atoms with Gasteiger partial charge in [0.25, 0.3) is 0 Å². The Hall–Kier alpha value is -0.600. The molecule has 1 aromatic rings. The van der Waals surface area contributed by atoms with E-state index < -0.39 is 5.67 Å². The molecule has 1 saturated heterocycles. The van der Waals surface area contributed by atoms with Crippen molar-refractivity contribution >= 4 is 11.6 Å². The van der Waals surface area contributed by atoms with E-state index in [2.05, 4.69) is 5.32 Å². The lowest BCUT2D eigenvalue weighted by Gasteiger charge is -2.19. The van der Waals surface area contributed by atoms with E-state index in [4.69, 9.17) is 11.6 Å². The highest BCUT2D eigenvalue weighted by molar-refractivity contribution is 6.31. The van der Waals surface area contributed by atoms with Gasteiger partial charge >= 0.3 is 0 Å². The molecule has 0 saturated carbocycles. The molecule has 1 aliphatic heterocycles. The Bertz CT molecular complexity index is 345. The van der Waals surface area contributed by atoms with Crippen LogP contribution in [0.2, 0.25) is 5.02 Å². The molecule has 0 bridgehead atoms. The van der Waals surface area contributed by atoms with Crippen molar-refractivity contribution in [1.82, 2.24) is 5.32 Å². The molecular formula is C11H13ClFN. The Labute approximate surface area is 88.3 Å². The second-order valence-electron chi connectivity index (χ2n) is 3.86. The van der Waals surface area contributed by atoms with Crippen molar-refractivity contribution in [2.75, 3.05) is 13.1 Å². The Morgan fingerprint density at radius 2 is 2.29 bits per heavy atom. The van der Waals surface area contributed by atoms with Crippen LogP contribution in [0.15, 0.2) is 18.2 Å². The van der Waals surface area contributed by atoms with Gasteiger partial charge in [-0.2, -0.15) is 0 Å². The predicted molar refractivity (Wildman–Crippen MR) is 56.5 cm³/mol. The standard InChI is InChI=1S/C11H13ClFN/c1-8-2-3-9(6-10(8)12)11(13)4-5-14-7-11/h2-3,6,14H,4-5,7H2,1H3. The minimum absolute atomic E-state index is 0.395. The Balaban J connectivity index is 2.36. The first-order chi connectivity index (χ1) is 6.62. The van der Waals surface area contributed by atoms with Crippen molar-refractivity contribution in [3.63, 3.8) is 0 Å². The topological polar surface area (TPSA) is 12.0 Å². The fourth-order valence-corrected chi connectivity index (χ4v) is 1.96. The van der Waals surface area contributed by atoms with E-state index in [9.17, 15) is 4.39 Å². The number of benzene rings is 1. The van der Waals surface area contributed by atoms with Crippen molar-refractivity contribution in [3.05, 3.63) is 34.3 Å². The lowest BCUT2D eigenvalue weighted by molar-refractivity contribution is 0.193. The van der Waals surface area contributed by atoms with Gasteiger partial charge in [-0.25, -0.2) is 4.39 Å². The third-order valence-corrected chi connectivity index (χ3v) is 3.20. The highest BCUT2D eigenvalue weighted by atomic mass is 35.5. The van der Waals surface area contributed by atoms with Crippen LogP contribution in [0.4, 0.5) is 4.39 Å². The van der Waals surface area contributed by atoms with Crippen molar-refractivity contribution in [1.29, 1.82) is 0 Å². The van der Waals surface area contributed by atoms with Crippen LogP contribution in [0.25, 0.3) is 0 Å². The minimum Gasteiger partial charge on any atom is -0.313 e. The molecule has 1 unspecified atom stereocenters. The minimum atomic E-state index is -1.22. The first-order valence-electron chi connectivity index (χ1n) is 4.78. The average Bonchev–Trinajstić information content (AvgIpc) is 2.58. The highest BCUT2D eigenvalue weighted by Crippen LogP contribution is 2.34. The maximum atomic E-state index is 14.2. The van der Waals surface area contributed by atoms with Gasteiger partial charge in [-0.3, -0.25) is 0 Å². The van der Waals surface area contributed by atoms with Crippen LogP contribution < -0.4 is 5.32 Å². The third kappa shape index (κ3) is 1.64. The summed E-state index contributed by atoms with van der Waals surface area (Å²) in [6.45, 7) is 3.05. The number of halogens is 2. The van der Waals surface area contributed by atoms with Crippen molar-refractivity contribution in [3.8, 4) is 0 Å². The van der Waals surface area contributed by atoms with Gasteiger partial charge in [0.1, 0.15) is 5.67 Å². The number of nitrogens with one attached hydrogen (secondary N) is 1. The quantitative estimate of drug-likeness (QED) is 0.757. The lowest BCUT2D eigenvalue weighted by Crippen LogP contribution is -2.23. The van der Waals surface area contributed by atoms with E-state index >= 15 is 0 Å². The van der Waals surface area contributed by atoms with Gasteiger partial charge < -0.3 is 5.32 Å². The average molecular weight is 214 g/mol. The van der Waals surface area contributed by atoms with Crippen LogP contribution in [-0.2, 0) is 5.67 Å². The summed E-state index contributed by atoms with van der Waals surface area (Å²) in [6, 6.07) is 5.44. The fraction of sp³-hybridized carbons (Fsp3) is 0.455. The summed E-state index contributed by atoms with van der Waals surface area (Å²) in [7, 11) is 0. The molecule has 0 amide bonds. The Morgan fingerprint density at radius 1 is 1.50 bits per heavy atom. The van der Waals surface area contributed by atoms with Crippen LogP contribution in [0, 0.1) is 6.92 Å². The van der Waals surface area contributed by atoms with Crippen LogP contribution >= 0.6 is 11.6 Å². The van der Waals surface area contributed by atoms with Crippen LogP contribution in [0.1, 0.15) is 17.5 Å². The molecule has 0 aromatic heterocycles. The van der Waals surface area contributed by atoms with Gasteiger partial charge in [0.15, 0.2) is 0 Å². The monoisotopic (exact) mass is 213 g/mol. The van der Waals surface area contributed by atoms with E-state index in [0.717, 1.165) is 12.1 Å². The second-order valence-corrected chi connectivity index (χ2v) is 4.26. The molecule has 1 aliphatic rings. The van der Waals surface area contributed by atoms with Gasteiger partial charge in [-0.1, -0.05) is 23.7 Å². The zero-order valence-electron chi connectivity index (χ0n) is 8.11. The first-order valence-corrected chi connectivity index (χ1v) is 5.16. The number of rotatable bonds is 1. The maximum absolute atomic E-state index is 14.2. The smallest absolute Gasteiger partial charge is 0.149 e. The molecule has 2 rings (SSSR count). The van der Waals surface area contributed by atoms with E-state index in [-0.39, 0.29) is 0 Å². The zero-order valence-corrected chi connectivity index (χ0v) is 8.87. The fourth-order valence-electron chi connectivity index (χ4n) is 1.78. The molecule has 76 valence electrons. The van der Waals surface area contributed by atoms with Gasteiger partial charge in [-0.15, -0.1) is 0 Å². The third-order valence-electron chi connectivity index (χ3n) is 2.79. The molecule has 0 radical (unpaired) electrons. The summed E-state index contributed by atoms with van der Waals surface area (Å²) in [5, 5.41) is 3.67. The second kappa shape index (κ2) is 3.52. The van der Waals surface area contributed by atoms with Crippen LogP contribution in [0.5, 0.6) is 0 Å². The molecule has 1 atom stereocenters. The highest BCUT2D eigenvalue weighted by Gasteiger charge is 2.35. The van der Waals surface area contributed by atoms with Gasteiger partial charge in [-0.05, 0) is 37.1 Å². The summed E-state index contributed by atoms with van der Waals surface area (Å²) in [6.07, 6.45) is 0.534. The van der Waals surface area contributed by atoms with Crippen molar-refractivity contribution in [2.45, 2.75) is 19.0 Å². The Kier molecular flexibility index (Phi) is 2.50. The summed E-state index contributed by atoms with van der Waals surface area (Å²) in [4.78, 5) is 0. The van der Waals surface area contributed by atoms with Crippen molar-refractivity contribution < 1.29 is 4.39 Å². The summed E-state index contributed by atoms with van der Waals surface area (Å²) in [5.41, 5.74) is 0.459. The van der Waals surface area contributed by atoms with Crippen molar-refractivity contribution in [2.24, 2.45) is 0 Å². The molecule has 3 heteroatoms.